The average molecular weight is 193 g/mol. The molecule has 0 saturated carbocycles. The highest BCUT2D eigenvalue weighted by molar-refractivity contribution is 6.16. The van der Waals surface area contributed by atoms with Crippen LogP contribution in [0.5, 0.6) is 11.5 Å². The van der Waals surface area contributed by atoms with Gasteiger partial charge in [0.1, 0.15) is 17.2 Å². The molecule has 1 atom stereocenters. The molecule has 0 bridgehead atoms. The van der Waals surface area contributed by atoms with Gasteiger partial charge < -0.3 is 15.3 Å². The molecule has 1 unspecified atom stereocenters. The summed E-state index contributed by atoms with van der Waals surface area (Å²) in [6, 6.07) is 2.41. The third-order valence-corrected chi connectivity index (χ3v) is 1.99. The van der Waals surface area contributed by atoms with E-state index in [1.54, 1.807) is 0 Å². The Morgan fingerprint density at radius 1 is 1.21 bits per heavy atom. The lowest BCUT2D eigenvalue weighted by atomic mass is 10.0. The maximum Gasteiger partial charge on any atom is 0.202 e. The zero-order valence-corrected chi connectivity index (χ0v) is 7.01. The van der Waals surface area contributed by atoms with Gasteiger partial charge in [0, 0.05) is 6.21 Å². The van der Waals surface area contributed by atoms with Gasteiger partial charge in [-0.25, -0.2) is 0 Å². The first-order chi connectivity index (χ1) is 6.61. The number of aliphatic imine (C=N–C) groups is 1. The van der Waals surface area contributed by atoms with Crippen molar-refractivity contribution in [2.45, 2.75) is 6.10 Å². The first kappa shape index (κ1) is 8.71. The van der Waals surface area contributed by atoms with E-state index in [2.05, 4.69) is 4.99 Å². The number of hydrogen-bond donors (Lipinski definition) is 3. The number of aromatic hydroxyl groups is 2. The molecule has 1 aliphatic rings. The molecule has 0 saturated heterocycles. The van der Waals surface area contributed by atoms with Crippen molar-refractivity contribution >= 4 is 17.7 Å². The molecule has 1 aromatic rings. The van der Waals surface area contributed by atoms with Gasteiger partial charge >= 0.3 is 0 Å². The van der Waals surface area contributed by atoms with Crippen molar-refractivity contribution < 1.29 is 20.1 Å². The van der Waals surface area contributed by atoms with Crippen LogP contribution in [-0.4, -0.2) is 33.4 Å². The van der Waals surface area contributed by atoms with Crippen LogP contribution in [0.25, 0.3) is 0 Å². The zero-order valence-electron chi connectivity index (χ0n) is 7.01. The maximum atomic E-state index is 11.4. The van der Waals surface area contributed by atoms with Gasteiger partial charge in [0.2, 0.25) is 5.78 Å². The molecule has 1 aliphatic heterocycles. The minimum atomic E-state index is -1.35. The molecule has 1 heterocycles. The number of aliphatic hydroxyl groups is 1. The van der Waals surface area contributed by atoms with E-state index in [4.69, 9.17) is 5.11 Å². The van der Waals surface area contributed by atoms with Crippen molar-refractivity contribution in [3.05, 3.63) is 17.7 Å². The fraction of sp³-hybridized carbons (Fsp3) is 0.111. The van der Waals surface area contributed by atoms with Crippen molar-refractivity contribution in [3.8, 4) is 11.5 Å². The van der Waals surface area contributed by atoms with E-state index in [1.165, 1.54) is 12.1 Å². The summed E-state index contributed by atoms with van der Waals surface area (Å²) < 4.78 is 0. The van der Waals surface area contributed by atoms with Crippen LogP contribution >= 0.6 is 0 Å². The first-order valence-electron chi connectivity index (χ1n) is 3.92. The number of phenols is 2. The summed E-state index contributed by atoms with van der Waals surface area (Å²) in [5.74, 6) is -1.16. The van der Waals surface area contributed by atoms with Crippen LogP contribution < -0.4 is 0 Å². The van der Waals surface area contributed by atoms with Gasteiger partial charge in [-0.1, -0.05) is 0 Å². The Morgan fingerprint density at radius 3 is 2.57 bits per heavy atom. The van der Waals surface area contributed by atoms with E-state index in [1.807, 2.05) is 0 Å². The molecule has 0 aliphatic carbocycles. The van der Waals surface area contributed by atoms with Gasteiger partial charge in [0.05, 0.1) is 5.56 Å². The predicted octanol–water partition coefficient (Wildman–Crippen LogP) is 0.357. The third kappa shape index (κ3) is 1.06. The average Bonchev–Trinajstić information content (AvgIpc) is 2.16. The highest BCUT2D eigenvalue weighted by Gasteiger charge is 2.27. The summed E-state index contributed by atoms with van der Waals surface area (Å²) in [6.45, 7) is 0. The number of ketones is 1. The number of carbonyl (C=O) groups is 1. The molecule has 2 rings (SSSR count). The fourth-order valence-electron chi connectivity index (χ4n) is 1.30. The van der Waals surface area contributed by atoms with E-state index >= 15 is 0 Å². The number of hydrogen-bond acceptors (Lipinski definition) is 5. The Labute approximate surface area is 79.0 Å². The third-order valence-electron chi connectivity index (χ3n) is 1.99. The van der Waals surface area contributed by atoms with Crippen molar-refractivity contribution in [3.63, 3.8) is 0 Å². The zero-order chi connectivity index (χ0) is 10.3. The molecule has 0 spiro atoms. The minimum Gasteiger partial charge on any atom is -0.507 e. The van der Waals surface area contributed by atoms with Gasteiger partial charge in [-0.3, -0.25) is 9.79 Å². The van der Waals surface area contributed by atoms with Crippen LogP contribution in [-0.2, 0) is 0 Å². The molecule has 1 aromatic carbocycles. The van der Waals surface area contributed by atoms with Crippen LogP contribution in [0.4, 0.5) is 5.69 Å². The van der Waals surface area contributed by atoms with Gasteiger partial charge in [0.15, 0.2) is 6.10 Å². The maximum absolute atomic E-state index is 11.4. The van der Waals surface area contributed by atoms with Crippen LogP contribution in [0, 0.1) is 0 Å². The Morgan fingerprint density at radius 2 is 1.86 bits per heavy atom. The van der Waals surface area contributed by atoms with Crippen LogP contribution in [0.15, 0.2) is 17.1 Å². The second-order valence-corrected chi connectivity index (χ2v) is 2.91. The van der Waals surface area contributed by atoms with E-state index < -0.39 is 11.9 Å². The van der Waals surface area contributed by atoms with E-state index in [0.29, 0.717) is 0 Å². The minimum absolute atomic E-state index is 0.000278. The smallest absolute Gasteiger partial charge is 0.202 e. The molecule has 3 N–H and O–H groups in total. The van der Waals surface area contributed by atoms with Crippen molar-refractivity contribution in [1.29, 1.82) is 0 Å². The van der Waals surface area contributed by atoms with E-state index in [0.717, 1.165) is 6.21 Å². The number of carbonyl (C=O) groups excluding carboxylic acids is 1. The number of Topliss-reactive ketones (excluding diaryl/α,β-unsaturated/α-hetero) is 1. The second-order valence-electron chi connectivity index (χ2n) is 2.91. The van der Waals surface area contributed by atoms with Crippen molar-refractivity contribution in [2.75, 3.05) is 0 Å². The number of fused-ring (bicyclic) bond motifs is 1. The molecule has 0 fully saturated rings. The summed E-state index contributed by atoms with van der Waals surface area (Å²) in [4.78, 5) is 15.1. The second kappa shape index (κ2) is 2.81. The van der Waals surface area contributed by atoms with Gasteiger partial charge in [-0.2, -0.15) is 0 Å². The molecule has 5 nitrogen and oxygen atoms in total. The first-order valence-corrected chi connectivity index (χ1v) is 3.92. The van der Waals surface area contributed by atoms with Gasteiger partial charge in [-0.05, 0) is 12.1 Å². The summed E-state index contributed by atoms with van der Waals surface area (Å²) in [5.41, 5.74) is -0.139. The standard InChI is InChI=1S/C9H7NO4/c11-4-1-2-5(12)8-7(4)9(14)6(13)3-10-8/h1-3,6,11-13H. The lowest BCUT2D eigenvalue weighted by molar-refractivity contribution is 0.0843. The number of phenolic OH excluding ortho intramolecular Hbond substituents is 2. The topological polar surface area (TPSA) is 90.1 Å². The molecule has 14 heavy (non-hydrogen) atoms. The number of rotatable bonds is 0. The summed E-state index contributed by atoms with van der Waals surface area (Å²) >= 11 is 0. The lowest BCUT2D eigenvalue weighted by Crippen LogP contribution is -2.24. The van der Waals surface area contributed by atoms with Crippen molar-refractivity contribution in [1.82, 2.24) is 0 Å². The molecule has 72 valence electrons. The molecule has 0 aromatic heterocycles. The molecule has 0 amide bonds. The highest BCUT2D eigenvalue weighted by Crippen LogP contribution is 2.38. The van der Waals surface area contributed by atoms with Crippen LogP contribution in [0.1, 0.15) is 10.4 Å². The van der Waals surface area contributed by atoms with E-state index in [9.17, 15) is 15.0 Å². The monoisotopic (exact) mass is 193 g/mol. The van der Waals surface area contributed by atoms with Gasteiger partial charge in [0.25, 0.3) is 0 Å². The summed E-state index contributed by atoms with van der Waals surface area (Å²) in [7, 11) is 0. The van der Waals surface area contributed by atoms with Crippen LogP contribution in [0.3, 0.4) is 0 Å². The van der Waals surface area contributed by atoms with Crippen molar-refractivity contribution in [2.24, 2.45) is 4.99 Å². The largest absolute Gasteiger partial charge is 0.507 e. The predicted molar refractivity (Wildman–Crippen MR) is 48.3 cm³/mol. The summed E-state index contributed by atoms with van der Waals surface area (Å²) in [6.07, 6.45) is -0.334. The lowest BCUT2D eigenvalue weighted by Gasteiger charge is -2.14. The van der Waals surface area contributed by atoms with Gasteiger partial charge in [-0.15, -0.1) is 0 Å². The summed E-state index contributed by atoms with van der Waals surface area (Å²) in [5, 5.41) is 27.8. The van der Waals surface area contributed by atoms with Crippen LogP contribution in [0.2, 0.25) is 0 Å². The Kier molecular flexibility index (Phi) is 1.75. The van der Waals surface area contributed by atoms with E-state index in [-0.39, 0.29) is 22.7 Å². The Hall–Kier alpha value is -1.88. The fourth-order valence-corrected chi connectivity index (χ4v) is 1.30. The molecule has 0 radical (unpaired) electrons. The Balaban J connectivity index is 2.73. The SMILES string of the molecule is O=C1c2c(O)ccc(O)c2N=CC1O. The number of nitrogens with zero attached hydrogens (tertiary/aromatic N) is 1. The molecule has 5 heteroatoms. The molecular weight excluding hydrogens is 186 g/mol. The highest BCUT2D eigenvalue weighted by atomic mass is 16.3. The Bertz CT molecular complexity index is 439. The normalized spacial score (nSPS) is 19.5. The number of aliphatic hydroxyl groups excluding tert-OH is 1. The number of benzene rings is 1. The molecular formula is C9H7NO4. The quantitative estimate of drug-likeness (QED) is 0.519.